The molecule has 0 heterocycles. The second-order valence-electron chi connectivity index (χ2n) is 3.51. The summed E-state index contributed by atoms with van der Waals surface area (Å²) in [5, 5.41) is 0. The van der Waals surface area contributed by atoms with Gasteiger partial charge in [0.15, 0.2) is 0 Å². The predicted octanol–water partition coefficient (Wildman–Crippen LogP) is 3.97. The summed E-state index contributed by atoms with van der Waals surface area (Å²) in [7, 11) is 0. The third-order valence-electron chi connectivity index (χ3n) is 2.38. The van der Waals surface area contributed by atoms with E-state index in [4.69, 9.17) is 0 Å². The number of allylic oxidation sites excluding steroid dienone is 1. The number of para-hydroxylation sites is 1. The summed E-state index contributed by atoms with van der Waals surface area (Å²) in [6, 6.07) is 6.83. The van der Waals surface area contributed by atoms with E-state index in [-0.39, 0.29) is 5.82 Å². The van der Waals surface area contributed by atoms with Gasteiger partial charge in [0.25, 0.3) is 0 Å². The van der Waals surface area contributed by atoms with Gasteiger partial charge in [-0.1, -0.05) is 32.1 Å². The first-order valence-corrected chi connectivity index (χ1v) is 5.40. The molecule has 82 valence electrons. The summed E-state index contributed by atoms with van der Waals surface area (Å²) in [5.41, 5.74) is 1.60. The third kappa shape index (κ3) is 2.82. The number of hydrogen-bond donors (Lipinski definition) is 0. The molecule has 0 aliphatic rings. The smallest absolute Gasteiger partial charge is 0.146 e. The number of benzene rings is 1. The Morgan fingerprint density at radius 1 is 1.33 bits per heavy atom. The maximum atomic E-state index is 13.5. The largest absolute Gasteiger partial charge is 0.344 e. The minimum absolute atomic E-state index is 0.184. The molecular formula is C13H18FN. The van der Waals surface area contributed by atoms with Gasteiger partial charge in [0.2, 0.25) is 0 Å². The van der Waals surface area contributed by atoms with Gasteiger partial charge < -0.3 is 4.90 Å². The fourth-order valence-electron chi connectivity index (χ4n) is 1.66. The average molecular weight is 207 g/mol. The number of hydrogen-bond acceptors (Lipinski definition) is 1. The zero-order chi connectivity index (χ0) is 11.3. The van der Waals surface area contributed by atoms with Crippen LogP contribution in [0.3, 0.4) is 0 Å². The fourth-order valence-corrected chi connectivity index (χ4v) is 1.66. The van der Waals surface area contributed by atoms with Gasteiger partial charge in [-0.05, 0) is 25.5 Å². The summed E-state index contributed by atoms with van der Waals surface area (Å²) < 4.78 is 13.5. The molecule has 0 unspecified atom stereocenters. The molecule has 1 rings (SSSR count). The van der Waals surface area contributed by atoms with Crippen LogP contribution in [0.5, 0.6) is 0 Å². The minimum Gasteiger partial charge on any atom is -0.344 e. The molecule has 0 fully saturated rings. The summed E-state index contributed by atoms with van der Waals surface area (Å²) in [6.07, 6.45) is 1.94. The SMILES string of the molecule is C=C(CCC)N(CC)c1ccccc1F. The standard InChI is InChI=1S/C13H18FN/c1-4-8-11(3)15(5-2)13-10-7-6-9-12(13)14/h6-7,9-10H,3-5,8H2,1-2H3. The summed E-state index contributed by atoms with van der Waals surface area (Å²) >= 11 is 0. The van der Waals surface area contributed by atoms with E-state index in [9.17, 15) is 4.39 Å². The number of rotatable bonds is 5. The van der Waals surface area contributed by atoms with Crippen LogP contribution in [0.15, 0.2) is 36.5 Å². The normalized spacial score (nSPS) is 10.1. The van der Waals surface area contributed by atoms with Gasteiger partial charge in [-0.3, -0.25) is 0 Å². The molecule has 0 aliphatic carbocycles. The monoisotopic (exact) mass is 207 g/mol. The van der Waals surface area contributed by atoms with Crippen molar-refractivity contribution in [2.24, 2.45) is 0 Å². The van der Waals surface area contributed by atoms with Crippen LogP contribution < -0.4 is 4.90 Å². The highest BCUT2D eigenvalue weighted by molar-refractivity contribution is 5.52. The van der Waals surface area contributed by atoms with E-state index in [0.717, 1.165) is 25.1 Å². The summed E-state index contributed by atoms with van der Waals surface area (Å²) in [6.45, 7) is 8.85. The van der Waals surface area contributed by atoms with Crippen LogP contribution >= 0.6 is 0 Å². The van der Waals surface area contributed by atoms with Crippen molar-refractivity contribution in [1.29, 1.82) is 0 Å². The van der Waals surface area contributed by atoms with Gasteiger partial charge in [0, 0.05) is 12.2 Å². The van der Waals surface area contributed by atoms with E-state index < -0.39 is 0 Å². The van der Waals surface area contributed by atoms with E-state index in [1.54, 1.807) is 12.1 Å². The first-order valence-electron chi connectivity index (χ1n) is 5.40. The highest BCUT2D eigenvalue weighted by atomic mass is 19.1. The van der Waals surface area contributed by atoms with Crippen molar-refractivity contribution < 1.29 is 4.39 Å². The Balaban J connectivity index is 2.92. The second-order valence-corrected chi connectivity index (χ2v) is 3.51. The Morgan fingerprint density at radius 2 is 2.00 bits per heavy atom. The lowest BCUT2D eigenvalue weighted by Crippen LogP contribution is -2.22. The molecule has 0 spiro atoms. The molecule has 0 atom stereocenters. The summed E-state index contributed by atoms with van der Waals surface area (Å²) in [5.74, 6) is -0.184. The van der Waals surface area contributed by atoms with Crippen molar-refractivity contribution in [3.8, 4) is 0 Å². The third-order valence-corrected chi connectivity index (χ3v) is 2.38. The number of halogens is 1. The van der Waals surface area contributed by atoms with Crippen molar-refractivity contribution in [2.75, 3.05) is 11.4 Å². The molecule has 0 saturated heterocycles. The Labute approximate surface area is 91.2 Å². The van der Waals surface area contributed by atoms with Crippen molar-refractivity contribution in [2.45, 2.75) is 26.7 Å². The first-order chi connectivity index (χ1) is 7.20. The molecule has 15 heavy (non-hydrogen) atoms. The topological polar surface area (TPSA) is 3.24 Å². The van der Waals surface area contributed by atoms with Crippen molar-refractivity contribution >= 4 is 5.69 Å². The zero-order valence-corrected chi connectivity index (χ0v) is 9.46. The lowest BCUT2D eigenvalue weighted by atomic mass is 10.2. The maximum absolute atomic E-state index is 13.5. The summed E-state index contributed by atoms with van der Waals surface area (Å²) in [4.78, 5) is 1.93. The van der Waals surface area contributed by atoms with Gasteiger partial charge in [0.05, 0.1) is 5.69 Å². The molecular weight excluding hydrogens is 189 g/mol. The predicted molar refractivity (Wildman–Crippen MR) is 63.5 cm³/mol. The first kappa shape index (κ1) is 11.8. The van der Waals surface area contributed by atoms with Gasteiger partial charge in [-0.25, -0.2) is 4.39 Å². The van der Waals surface area contributed by atoms with Crippen LogP contribution in [0, 0.1) is 5.82 Å². The van der Waals surface area contributed by atoms with Crippen LogP contribution in [0.2, 0.25) is 0 Å². The van der Waals surface area contributed by atoms with Gasteiger partial charge in [-0.15, -0.1) is 0 Å². The van der Waals surface area contributed by atoms with Crippen LogP contribution in [0.1, 0.15) is 26.7 Å². The molecule has 0 bridgehead atoms. The van der Waals surface area contributed by atoms with E-state index in [0.29, 0.717) is 5.69 Å². The maximum Gasteiger partial charge on any atom is 0.146 e. The molecule has 0 N–H and O–H groups in total. The molecule has 0 amide bonds. The molecule has 0 saturated carbocycles. The number of nitrogens with zero attached hydrogens (tertiary/aromatic N) is 1. The van der Waals surface area contributed by atoms with Crippen molar-refractivity contribution in [3.63, 3.8) is 0 Å². The highest BCUT2D eigenvalue weighted by Gasteiger charge is 2.11. The van der Waals surface area contributed by atoms with E-state index in [1.807, 2.05) is 17.9 Å². The van der Waals surface area contributed by atoms with Crippen molar-refractivity contribution in [1.82, 2.24) is 0 Å². The molecule has 1 aromatic rings. The Hall–Kier alpha value is -1.31. The second kappa shape index (κ2) is 5.54. The van der Waals surface area contributed by atoms with Crippen LogP contribution in [-0.2, 0) is 0 Å². The van der Waals surface area contributed by atoms with Crippen LogP contribution in [0.25, 0.3) is 0 Å². The highest BCUT2D eigenvalue weighted by Crippen LogP contribution is 2.23. The number of anilines is 1. The fraction of sp³-hybridized carbons (Fsp3) is 0.385. The van der Waals surface area contributed by atoms with Crippen molar-refractivity contribution in [3.05, 3.63) is 42.4 Å². The van der Waals surface area contributed by atoms with Crippen LogP contribution in [-0.4, -0.2) is 6.54 Å². The molecule has 2 heteroatoms. The van der Waals surface area contributed by atoms with Gasteiger partial charge >= 0.3 is 0 Å². The molecule has 0 aliphatic heterocycles. The van der Waals surface area contributed by atoms with E-state index >= 15 is 0 Å². The average Bonchev–Trinajstić information content (AvgIpc) is 2.22. The Morgan fingerprint density at radius 3 is 2.53 bits per heavy atom. The molecule has 1 nitrogen and oxygen atoms in total. The van der Waals surface area contributed by atoms with E-state index in [2.05, 4.69) is 13.5 Å². The quantitative estimate of drug-likeness (QED) is 0.706. The van der Waals surface area contributed by atoms with Gasteiger partial charge in [0.1, 0.15) is 5.82 Å². The minimum atomic E-state index is -0.184. The van der Waals surface area contributed by atoms with Gasteiger partial charge in [-0.2, -0.15) is 0 Å². The lowest BCUT2D eigenvalue weighted by Gasteiger charge is -2.25. The lowest BCUT2D eigenvalue weighted by molar-refractivity contribution is 0.622. The molecule has 0 radical (unpaired) electrons. The Kier molecular flexibility index (Phi) is 4.35. The van der Waals surface area contributed by atoms with E-state index in [1.165, 1.54) is 6.07 Å². The van der Waals surface area contributed by atoms with Crippen LogP contribution in [0.4, 0.5) is 10.1 Å². The molecule has 1 aromatic carbocycles. The molecule has 0 aromatic heterocycles. The Bertz CT molecular complexity index is 333. The zero-order valence-electron chi connectivity index (χ0n) is 9.46.